The van der Waals surface area contributed by atoms with Crippen LogP contribution in [0.25, 0.3) is 0 Å². The second-order valence-electron chi connectivity index (χ2n) is 3.55. The van der Waals surface area contributed by atoms with Gasteiger partial charge in [0, 0.05) is 32.8 Å². The van der Waals surface area contributed by atoms with Crippen molar-refractivity contribution in [2.45, 2.75) is 25.5 Å². The zero-order chi connectivity index (χ0) is 8.97. The molecule has 3 nitrogen and oxygen atoms in total. The molecular formula is C9H20N2O. The molecule has 0 saturated carbocycles. The molecule has 1 aliphatic rings. The number of hydrogen-bond donors (Lipinski definition) is 1. The molecule has 0 aromatic heterocycles. The summed E-state index contributed by atoms with van der Waals surface area (Å²) in [6.45, 7) is 5.60. The Morgan fingerprint density at radius 1 is 1.67 bits per heavy atom. The van der Waals surface area contributed by atoms with Crippen molar-refractivity contribution in [3.8, 4) is 0 Å². The molecule has 1 rings (SSSR count). The van der Waals surface area contributed by atoms with Crippen LogP contribution in [0.1, 0.15) is 13.3 Å². The zero-order valence-corrected chi connectivity index (χ0v) is 8.34. The lowest BCUT2D eigenvalue weighted by atomic mass is 10.3. The number of rotatable bonds is 4. The fourth-order valence-electron chi connectivity index (χ4n) is 1.77. The Bertz CT molecular complexity index is 130. The number of nitrogens with zero attached hydrogens (tertiary/aromatic N) is 1. The molecule has 1 aliphatic heterocycles. The third kappa shape index (κ3) is 2.44. The molecule has 0 aromatic carbocycles. The van der Waals surface area contributed by atoms with Crippen LogP contribution in [0, 0.1) is 0 Å². The predicted octanol–water partition coefficient (Wildman–Crippen LogP) is 0.315. The maximum atomic E-state index is 5.31. The van der Waals surface area contributed by atoms with Crippen molar-refractivity contribution in [2.24, 2.45) is 0 Å². The van der Waals surface area contributed by atoms with Crippen molar-refractivity contribution < 1.29 is 4.74 Å². The van der Waals surface area contributed by atoms with Crippen LogP contribution < -0.4 is 5.32 Å². The lowest BCUT2D eigenvalue weighted by Gasteiger charge is -2.23. The van der Waals surface area contributed by atoms with Gasteiger partial charge in [-0.15, -0.1) is 0 Å². The molecular weight excluding hydrogens is 152 g/mol. The summed E-state index contributed by atoms with van der Waals surface area (Å²) in [5, 5.41) is 3.19. The fourth-order valence-corrected chi connectivity index (χ4v) is 1.77. The van der Waals surface area contributed by atoms with Gasteiger partial charge in [0.15, 0.2) is 0 Å². The molecule has 0 amide bonds. The fraction of sp³-hybridized carbons (Fsp3) is 1.00. The first-order valence-corrected chi connectivity index (χ1v) is 4.69. The molecule has 1 fully saturated rings. The minimum Gasteiger partial charge on any atom is -0.380 e. The Labute approximate surface area is 75.1 Å². The van der Waals surface area contributed by atoms with Crippen LogP contribution >= 0.6 is 0 Å². The second kappa shape index (κ2) is 4.80. The smallest absolute Gasteiger partial charge is 0.0710 e. The quantitative estimate of drug-likeness (QED) is 0.661. The van der Waals surface area contributed by atoms with Gasteiger partial charge in [-0.3, -0.25) is 4.90 Å². The van der Waals surface area contributed by atoms with E-state index in [9.17, 15) is 0 Å². The van der Waals surface area contributed by atoms with Crippen molar-refractivity contribution in [1.29, 1.82) is 0 Å². The number of likely N-dealkylation sites (tertiary alicyclic amines) is 1. The zero-order valence-electron chi connectivity index (χ0n) is 8.34. The molecule has 72 valence electrons. The van der Waals surface area contributed by atoms with E-state index in [-0.39, 0.29) is 0 Å². The summed E-state index contributed by atoms with van der Waals surface area (Å²) >= 11 is 0. The maximum absolute atomic E-state index is 5.31. The molecule has 2 unspecified atom stereocenters. The average Bonchev–Trinajstić information content (AvgIpc) is 2.52. The number of methoxy groups -OCH3 is 1. The van der Waals surface area contributed by atoms with Gasteiger partial charge < -0.3 is 10.1 Å². The molecule has 12 heavy (non-hydrogen) atoms. The largest absolute Gasteiger partial charge is 0.380 e. The van der Waals surface area contributed by atoms with Crippen LogP contribution in [0.3, 0.4) is 0 Å². The second-order valence-corrected chi connectivity index (χ2v) is 3.55. The van der Waals surface area contributed by atoms with E-state index in [2.05, 4.69) is 17.1 Å². The molecule has 0 aromatic rings. The average molecular weight is 172 g/mol. The number of ether oxygens (including phenoxy) is 1. The maximum Gasteiger partial charge on any atom is 0.0710 e. The minimum atomic E-state index is 0.462. The van der Waals surface area contributed by atoms with Crippen LogP contribution in [-0.4, -0.2) is 50.8 Å². The standard InChI is InChI=1S/C9H20N2O/c1-8(6-10-2)11-5-4-9(7-11)12-3/h8-10H,4-7H2,1-3H3. The van der Waals surface area contributed by atoms with Gasteiger partial charge in [-0.05, 0) is 20.4 Å². The highest BCUT2D eigenvalue weighted by Gasteiger charge is 2.24. The summed E-state index contributed by atoms with van der Waals surface area (Å²) in [5.74, 6) is 0. The van der Waals surface area contributed by atoms with Crippen molar-refractivity contribution in [3.63, 3.8) is 0 Å². The highest BCUT2D eigenvalue weighted by Crippen LogP contribution is 2.14. The van der Waals surface area contributed by atoms with E-state index in [0.29, 0.717) is 12.1 Å². The number of hydrogen-bond acceptors (Lipinski definition) is 3. The van der Waals surface area contributed by atoms with Crippen molar-refractivity contribution in [1.82, 2.24) is 10.2 Å². The molecule has 1 N–H and O–H groups in total. The Morgan fingerprint density at radius 3 is 2.92 bits per heavy atom. The first-order valence-electron chi connectivity index (χ1n) is 4.69. The summed E-state index contributed by atoms with van der Waals surface area (Å²) in [7, 11) is 3.80. The Morgan fingerprint density at radius 2 is 2.42 bits per heavy atom. The van der Waals surface area contributed by atoms with E-state index in [0.717, 1.165) is 13.1 Å². The van der Waals surface area contributed by atoms with Crippen molar-refractivity contribution in [2.75, 3.05) is 33.8 Å². The summed E-state index contributed by atoms with van der Waals surface area (Å²) in [5.41, 5.74) is 0. The molecule has 0 spiro atoms. The first-order chi connectivity index (χ1) is 5.77. The van der Waals surface area contributed by atoms with Gasteiger partial charge in [0.25, 0.3) is 0 Å². The van der Waals surface area contributed by atoms with Gasteiger partial charge in [0.05, 0.1) is 6.10 Å². The molecule has 3 heteroatoms. The Hall–Kier alpha value is -0.120. The van der Waals surface area contributed by atoms with Gasteiger partial charge in [0.2, 0.25) is 0 Å². The van der Waals surface area contributed by atoms with Crippen LogP contribution in [0.15, 0.2) is 0 Å². The third-order valence-electron chi connectivity index (χ3n) is 2.63. The van der Waals surface area contributed by atoms with Crippen LogP contribution in [0.2, 0.25) is 0 Å². The first kappa shape index (κ1) is 9.96. The normalized spacial score (nSPS) is 27.8. The minimum absolute atomic E-state index is 0.462. The van der Waals surface area contributed by atoms with Crippen LogP contribution in [0.4, 0.5) is 0 Å². The predicted molar refractivity (Wildman–Crippen MR) is 50.4 cm³/mol. The molecule has 1 saturated heterocycles. The SMILES string of the molecule is CNCC(C)N1CCC(OC)C1. The van der Waals surface area contributed by atoms with Gasteiger partial charge in [-0.1, -0.05) is 0 Å². The molecule has 0 bridgehead atoms. The van der Waals surface area contributed by atoms with Gasteiger partial charge in [-0.2, -0.15) is 0 Å². The van der Waals surface area contributed by atoms with E-state index in [1.54, 1.807) is 7.11 Å². The van der Waals surface area contributed by atoms with E-state index < -0.39 is 0 Å². The third-order valence-corrected chi connectivity index (χ3v) is 2.63. The van der Waals surface area contributed by atoms with E-state index in [1.807, 2.05) is 7.05 Å². The summed E-state index contributed by atoms with van der Waals surface area (Å²) in [6, 6.07) is 0.634. The van der Waals surface area contributed by atoms with Crippen LogP contribution in [-0.2, 0) is 4.74 Å². The molecule has 0 aliphatic carbocycles. The summed E-state index contributed by atoms with van der Waals surface area (Å²) < 4.78 is 5.31. The monoisotopic (exact) mass is 172 g/mol. The molecule has 0 radical (unpaired) electrons. The van der Waals surface area contributed by atoms with Gasteiger partial charge in [-0.25, -0.2) is 0 Å². The number of nitrogens with one attached hydrogen (secondary N) is 1. The highest BCUT2D eigenvalue weighted by atomic mass is 16.5. The highest BCUT2D eigenvalue weighted by molar-refractivity contribution is 4.80. The summed E-state index contributed by atoms with van der Waals surface area (Å²) in [6.07, 6.45) is 1.65. The lowest BCUT2D eigenvalue weighted by molar-refractivity contribution is 0.102. The number of likely N-dealkylation sites (N-methyl/N-ethyl adjacent to an activating group) is 1. The van der Waals surface area contributed by atoms with E-state index in [4.69, 9.17) is 4.74 Å². The van der Waals surface area contributed by atoms with E-state index >= 15 is 0 Å². The van der Waals surface area contributed by atoms with Gasteiger partial charge in [0.1, 0.15) is 0 Å². The van der Waals surface area contributed by atoms with E-state index in [1.165, 1.54) is 13.0 Å². The van der Waals surface area contributed by atoms with Crippen molar-refractivity contribution in [3.05, 3.63) is 0 Å². The summed E-state index contributed by atoms with van der Waals surface area (Å²) in [4.78, 5) is 2.48. The Kier molecular flexibility index (Phi) is 3.98. The van der Waals surface area contributed by atoms with Crippen molar-refractivity contribution >= 4 is 0 Å². The van der Waals surface area contributed by atoms with Gasteiger partial charge >= 0.3 is 0 Å². The molecule has 2 atom stereocenters. The Balaban J connectivity index is 2.25. The van der Waals surface area contributed by atoms with Crippen LogP contribution in [0.5, 0.6) is 0 Å². The topological polar surface area (TPSA) is 24.5 Å². The lowest BCUT2D eigenvalue weighted by Crippen LogP contribution is -2.38. The molecule has 1 heterocycles.